The number of aromatic nitrogens is 3. The van der Waals surface area contributed by atoms with Crippen LogP contribution < -0.4 is 0 Å². The summed E-state index contributed by atoms with van der Waals surface area (Å²) in [4.78, 5) is 15.3. The van der Waals surface area contributed by atoms with Crippen molar-refractivity contribution in [3.8, 4) is 56.2 Å². The molecule has 9 rings (SSSR count). The number of hydrogen-bond donors (Lipinski definition) is 0. The monoisotopic (exact) mass is 639 g/mol. The van der Waals surface area contributed by atoms with Gasteiger partial charge in [-0.1, -0.05) is 164 Å². The Morgan fingerprint density at radius 1 is 0.340 bits per heavy atom. The van der Waals surface area contributed by atoms with Gasteiger partial charge in [-0.05, 0) is 79.9 Å². The molecule has 1 aromatic heterocycles. The quantitative estimate of drug-likeness (QED) is 0.170. The molecule has 3 nitrogen and oxygen atoms in total. The highest BCUT2D eigenvalue weighted by Gasteiger charge is 2.18. The van der Waals surface area contributed by atoms with Crippen molar-refractivity contribution >= 4 is 27.1 Å². The predicted octanol–water partition coefficient (Wildman–Crippen LogP) is 12.2. The minimum Gasteiger partial charge on any atom is -0.208 e. The van der Waals surface area contributed by atoms with Gasteiger partial charge in [-0.15, -0.1) is 0 Å². The number of fused-ring (bicyclic) bond motifs is 2. The Hall–Kier alpha value is -6.45. The van der Waals surface area contributed by atoms with E-state index in [4.69, 9.17) is 15.0 Å². The molecule has 8 aromatic rings. The molecule has 1 aliphatic carbocycles. The molecular weight excluding hydrogens is 607 g/mol. The zero-order chi connectivity index (χ0) is 33.3. The SMILES string of the molecule is C1=CC(c2nc(-c3cccc(-c4ccccc4)c3)nc(-c3cccc(-c4c5ccccc5c(-c5ccccc5)c5ccccc45)c3)n2)=CCC1. The first kappa shape index (κ1) is 29.7. The molecule has 0 amide bonds. The summed E-state index contributed by atoms with van der Waals surface area (Å²) in [6.45, 7) is 0. The summed E-state index contributed by atoms with van der Waals surface area (Å²) in [6, 6.07) is 55.9. The average molecular weight is 640 g/mol. The maximum absolute atomic E-state index is 5.14. The van der Waals surface area contributed by atoms with Gasteiger partial charge in [0.25, 0.3) is 0 Å². The molecule has 7 aromatic carbocycles. The van der Waals surface area contributed by atoms with E-state index in [0.29, 0.717) is 17.5 Å². The van der Waals surface area contributed by atoms with E-state index >= 15 is 0 Å². The van der Waals surface area contributed by atoms with Crippen molar-refractivity contribution in [1.82, 2.24) is 15.0 Å². The van der Waals surface area contributed by atoms with Gasteiger partial charge >= 0.3 is 0 Å². The summed E-state index contributed by atoms with van der Waals surface area (Å²) in [6.07, 6.45) is 8.56. The van der Waals surface area contributed by atoms with Gasteiger partial charge in [0.15, 0.2) is 17.5 Å². The third-order valence-electron chi connectivity index (χ3n) is 9.52. The average Bonchev–Trinajstić information content (AvgIpc) is 3.21. The van der Waals surface area contributed by atoms with Crippen molar-refractivity contribution in [2.75, 3.05) is 0 Å². The van der Waals surface area contributed by atoms with E-state index in [1.54, 1.807) is 0 Å². The molecular formula is C47H33N3. The molecule has 0 saturated carbocycles. The Balaban J connectivity index is 1.23. The van der Waals surface area contributed by atoms with Crippen LogP contribution in [0.25, 0.3) is 83.3 Å². The fraction of sp³-hybridized carbons (Fsp3) is 0.0426. The summed E-state index contributed by atoms with van der Waals surface area (Å²) in [5.41, 5.74) is 10.0. The van der Waals surface area contributed by atoms with Crippen LogP contribution in [-0.2, 0) is 0 Å². The molecule has 0 spiro atoms. The van der Waals surface area contributed by atoms with Gasteiger partial charge in [-0.25, -0.2) is 15.0 Å². The Morgan fingerprint density at radius 2 is 0.780 bits per heavy atom. The minimum atomic E-state index is 0.659. The van der Waals surface area contributed by atoms with E-state index in [1.807, 2.05) is 6.07 Å². The van der Waals surface area contributed by atoms with Gasteiger partial charge in [-0.2, -0.15) is 0 Å². The minimum absolute atomic E-state index is 0.659. The van der Waals surface area contributed by atoms with Gasteiger partial charge in [-0.3, -0.25) is 0 Å². The lowest BCUT2D eigenvalue weighted by Crippen LogP contribution is -2.03. The molecule has 0 saturated heterocycles. The molecule has 0 bridgehead atoms. The third-order valence-corrected chi connectivity index (χ3v) is 9.52. The van der Waals surface area contributed by atoms with Crippen LogP contribution in [0.5, 0.6) is 0 Å². The second-order valence-corrected chi connectivity index (χ2v) is 12.7. The number of nitrogens with zero attached hydrogens (tertiary/aromatic N) is 3. The standard InChI is InChI=1S/C47H33N3/c1-4-16-32(17-5-1)35-22-14-24-37(30-35)46-48-45(34-20-8-3-9-21-34)49-47(50-46)38-25-15-23-36(31-38)44-41-28-12-10-26-39(41)43(33-18-6-2-7-19-33)40-27-11-13-29-42(40)44/h1-2,4-8,10-31H,3,9H2. The van der Waals surface area contributed by atoms with E-state index in [2.05, 4.69) is 170 Å². The number of allylic oxidation sites excluding steroid dienone is 4. The largest absolute Gasteiger partial charge is 0.208 e. The molecule has 1 aliphatic rings. The molecule has 1 heterocycles. The van der Waals surface area contributed by atoms with Crippen molar-refractivity contribution < 1.29 is 0 Å². The van der Waals surface area contributed by atoms with Gasteiger partial charge in [0.1, 0.15) is 0 Å². The summed E-state index contributed by atoms with van der Waals surface area (Å²) in [5, 5.41) is 4.90. The van der Waals surface area contributed by atoms with E-state index in [0.717, 1.165) is 46.2 Å². The van der Waals surface area contributed by atoms with Crippen molar-refractivity contribution in [3.63, 3.8) is 0 Å². The maximum Gasteiger partial charge on any atom is 0.164 e. The molecule has 0 atom stereocenters. The molecule has 3 heteroatoms. The molecule has 0 radical (unpaired) electrons. The molecule has 0 N–H and O–H groups in total. The Kier molecular flexibility index (Phi) is 7.64. The normalized spacial score (nSPS) is 12.7. The van der Waals surface area contributed by atoms with Gasteiger partial charge in [0, 0.05) is 16.7 Å². The lowest BCUT2D eigenvalue weighted by atomic mass is 9.86. The van der Waals surface area contributed by atoms with Crippen molar-refractivity contribution in [3.05, 3.63) is 182 Å². The van der Waals surface area contributed by atoms with Gasteiger partial charge in [0.05, 0.1) is 0 Å². The topological polar surface area (TPSA) is 38.7 Å². The fourth-order valence-electron chi connectivity index (χ4n) is 7.18. The Morgan fingerprint density at radius 3 is 1.34 bits per heavy atom. The van der Waals surface area contributed by atoms with E-state index in [1.165, 1.54) is 38.2 Å². The molecule has 50 heavy (non-hydrogen) atoms. The zero-order valence-corrected chi connectivity index (χ0v) is 27.5. The summed E-state index contributed by atoms with van der Waals surface area (Å²) in [5.74, 6) is 2.02. The van der Waals surface area contributed by atoms with Crippen molar-refractivity contribution in [2.24, 2.45) is 0 Å². The second-order valence-electron chi connectivity index (χ2n) is 12.7. The van der Waals surface area contributed by atoms with Crippen LogP contribution in [0.2, 0.25) is 0 Å². The van der Waals surface area contributed by atoms with Gasteiger partial charge in [0.2, 0.25) is 0 Å². The summed E-state index contributed by atoms with van der Waals surface area (Å²) >= 11 is 0. The van der Waals surface area contributed by atoms with Crippen LogP contribution in [-0.4, -0.2) is 15.0 Å². The van der Waals surface area contributed by atoms with Crippen LogP contribution in [0.3, 0.4) is 0 Å². The van der Waals surface area contributed by atoms with Gasteiger partial charge < -0.3 is 0 Å². The van der Waals surface area contributed by atoms with E-state index in [9.17, 15) is 0 Å². The third kappa shape index (κ3) is 5.49. The highest BCUT2D eigenvalue weighted by Crippen LogP contribution is 2.44. The Bertz CT molecular complexity index is 2530. The molecule has 0 aliphatic heterocycles. The lowest BCUT2D eigenvalue weighted by molar-refractivity contribution is 1.01. The van der Waals surface area contributed by atoms with Crippen LogP contribution in [0.15, 0.2) is 176 Å². The molecule has 0 unspecified atom stereocenters. The predicted molar refractivity (Wildman–Crippen MR) is 208 cm³/mol. The number of hydrogen-bond acceptors (Lipinski definition) is 3. The van der Waals surface area contributed by atoms with Crippen LogP contribution in [0, 0.1) is 0 Å². The first-order valence-electron chi connectivity index (χ1n) is 17.2. The number of rotatable bonds is 6. The van der Waals surface area contributed by atoms with Crippen molar-refractivity contribution in [2.45, 2.75) is 12.8 Å². The highest BCUT2D eigenvalue weighted by atomic mass is 15.0. The first-order chi connectivity index (χ1) is 24.8. The fourth-order valence-corrected chi connectivity index (χ4v) is 7.18. The molecule has 0 fully saturated rings. The Labute approximate surface area is 292 Å². The van der Waals surface area contributed by atoms with E-state index < -0.39 is 0 Å². The van der Waals surface area contributed by atoms with Crippen molar-refractivity contribution in [1.29, 1.82) is 0 Å². The van der Waals surface area contributed by atoms with Crippen LogP contribution in [0.4, 0.5) is 0 Å². The molecule has 236 valence electrons. The summed E-state index contributed by atoms with van der Waals surface area (Å²) in [7, 11) is 0. The van der Waals surface area contributed by atoms with Crippen LogP contribution in [0.1, 0.15) is 18.7 Å². The van der Waals surface area contributed by atoms with E-state index in [-0.39, 0.29) is 0 Å². The first-order valence-corrected chi connectivity index (χ1v) is 17.2. The summed E-state index contributed by atoms with van der Waals surface area (Å²) < 4.78 is 0. The highest BCUT2D eigenvalue weighted by molar-refractivity contribution is 6.21. The lowest BCUT2D eigenvalue weighted by Gasteiger charge is -2.18. The number of benzene rings is 7. The zero-order valence-electron chi connectivity index (χ0n) is 27.5. The van der Waals surface area contributed by atoms with Crippen LogP contribution >= 0.6 is 0 Å². The maximum atomic E-state index is 5.14. The second kappa shape index (κ2) is 12.9. The smallest absolute Gasteiger partial charge is 0.164 e.